The molecule has 0 saturated carbocycles. The molecule has 2 aromatic heterocycles. The summed E-state index contributed by atoms with van der Waals surface area (Å²) in [5, 5.41) is 17.8. The number of nitrogens with one attached hydrogen (secondary N) is 1. The van der Waals surface area contributed by atoms with Crippen LogP contribution in [0.25, 0.3) is 10.6 Å². The van der Waals surface area contributed by atoms with E-state index in [1.807, 2.05) is 19.9 Å². The Morgan fingerprint density at radius 2 is 2.03 bits per heavy atom. The Morgan fingerprint density at radius 3 is 2.79 bits per heavy atom. The van der Waals surface area contributed by atoms with Crippen molar-refractivity contribution in [3.8, 4) is 16.3 Å². The summed E-state index contributed by atoms with van der Waals surface area (Å²) in [5.41, 5.74) is 4.23. The van der Waals surface area contributed by atoms with Crippen molar-refractivity contribution in [1.82, 2.24) is 20.1 Å². The first-order valence-corrected chi connectivity index (χ1v) is 10.2. The molecule has 1 aliphatic rings. The lowest BCUT2D eigenvalue weighted by atomic mass is 10.1. The maximum Gasteiger partial charge on any atom is 0.277 e. The second-order valence-electron chi connectivity index (χ2n) is 7.36. The van der Waals surface area contributed by atoms with E-state index in [1.54, 1.807) is 26.1 Å². The summed E-state index contributed by atoms with van der Waals surface area (Å²) in [6.45, 7) is 5.47. The van der Waals surface area contributed by atoms with Crippen LogP contribution in [0.5, 0.6) is 5.75 Å². The van der Waals surface area contributed by atoms with Crippen molar-refractivity contribution in [2.45, 2.75) is 39.7 Å². The lowest BCUT2D eigenvalue weighted by molar-refractivity contribution is 0.0940. The van der Waals surface area contributed by atoms with Gasteiger partial charge in [-0.25, -0.2) is 9.67 Å². The Balaban J connectivity index is 1.66. The molecule has 0 bridgehead atoms. The Kier molecular flexibility index (Phi) is 4.74. The van der Waals surface area contributed by atoms with E-state index < -0.39 is 0 Å². The van der Waals surface area contributed by atoms with Crippen molar-refractivity contribution in [3.05, 3.63) is 61.5 Å². The highest BCUT2D eigenvalue weighted by atomic mass is 32.1. The molecule has 2 heterocycles. The predicted molar refractivity (Wildman–Crippen MR) is 111 cm³/mol. The van der Waals surface area contributed by atoms with Gasteiger partial charge in [0.25, 0.3) is 11.5 Å². The van der Waals surface area contributed by atoms with Crippen molar-refractivity contribution in [2.75, 3.05) is 0 Å². The molecule has 0 saturated heterocycles. The van der Waals surface area contributed by atoms with Gasteiger partial charge < -0.3 is 10.4 Å². The van der Waals surface area contributed by atoms with Crippen LogP contribution in [0, 0.1) is 20.8 Å². The number of phenolic OH excluding ortho intramolecular Hbond substituents is 1. The van der Waals surface area contributed by atoms with Crippen LogP contribution in [0.2, 0.25) is 0 Å². The Bertz CT molecular complexity index is 1200. The Morgan fingerprint density at radius 1 is 1.28 bits per heavy atom. The van der Waals surface area contributed by atoms with Gasteiger partial charge in [0.2, 0.25) is 0 Å². The molecule has 7 nitrogen and oxygen atoms in total. The minimum Gasteiger partial charge on any atom is -0.508 e. The number of carbonyl (C=O) groups is 1. The number of carbonyl (C=O) groups excluding carboxylic acids is 1. The lowest BCUT2D eigenvalue weighted by Gasteiger charge is -2.13. The van der Waals surface area contributed by atoms with E-state index in [0.29, 0.717) is 21.1 Å². The fourth-order valence-electron chi connectivity index (χ4n) is 3.82. The van der Waals surface area contributed by atoms with Crippen LogP contribution in [-0.2, 0) is 13.5 Å². The van der Waals surface area contributed by atoms with E-state index in [0.717, 1.165) is 35.2 Å². The molecule has 4 rings (SSSR count). The van der Waals surface area contributed by atoms with Gasteiger partial charge in [-0.05, 0) is 56.4 Å². The van der Waals surface area contributed by atoms with Crippen molar-refractivity contribution >= 4 is 17.2 Å². The van der Waals surface area contributed by atoms with E-state index in [9.17, 15) is 14.7 Å². The van der Waals surface area contributed by atoms with Crippen LogP contribution in [0.1, 0.15) is 50.2 Å². The van der Waals surface area contributed by atoms with Gasteiger partial charge in [-0.1, -0.05) is 12.1 Å². The molecular formula is C21H22N4O3S. The van der Waals surface area contributed by atoms with Gasteiger partial charge in [0.1, 0.15) is 15.6 Å². The van der Waals surface area contributed by atoms with Crippen molar-refractivity contribution in [1.29, 1.82) is 0 Å². The molecule has 1 aromatic carbocycles. The molecule has 3 aromatic rings. The van der Waals surface area contributed by atoms with Crippen LogP contribution in [-0.4, -0.2) is 25.8 Å². The number of amides is 1. The summed E-state index contributed by atoms with van der Waals surface area (Å²) in [5.74, 6) is 0.0579. The lowest BCUT2D eigenvalue weighted by Crippen LogP contribution is -2.26. The maximum absolute atomic E-state index is 13.0. The SMILES string of the molecule is Cc1nc(-c2c(C)c(C)nn(C)c2=O)sc1C(=O)NC1CCc2c(O)cccc21. The van der Waals surface area contributed by atoms with Gasteiger partial charge in [0.15, 0.2) is 0 Å². The van der Waals surface area contributed by atoms with Crippen LogP contribution in [0.3, 0.4) is 0 Å². The average Bonchev–Trinajstić information content (AvgIpc) is 3.25. The third-order valence-corrected chi connectivity index (χ3v) is 6.67. The highest BCUT2D eigenvalue weighted by molar-refractivity contribution is 7.17. The zero-order chi connectivity index (χ0) is 20.9. The van der Waals surface area contributed by atoms with Gasteiger partial charge in [0.05, 0.1) is 23.0 Å². The second-order valence-corrected chi connectivity index (χ2v) is 8.36. The molecule has 0 fully saturated rings. The number of phenols is 1. The van der Waals surface area contributed by atoms with Gasteiger partial charge in [-0.15, -0.1) is 11.3 Å². The predicted octanol–water partition coefficient (Wildman–Crippen LogP) is 2.95. The van der Waals surface area contributed by atoms with Crippen LogP contribution >= 0.6 is 11.3 Å². The number of aryl methyl sites for hydroxylation is 3. The number of rotatable bonds is 3. The quantitative estimate of drug-likeness (QED) is 0.692. The molecule has 0 spiro atoms. The van der Waals surface area contributed by atoms with E-state index in [4.69, 9.17) is 0 Å². The fraction of sp³-hybridized carbons (Fsp3) is 0.333. The molecule has 8 heteroatoms. The standard InChI is InChI=1S/C21H22N4O3S/c1-10-11(2)24-25(4)21(28)17(10)20-22-12(3)18(29-20)19(27)23-15-9-8-14-13(15)6-5-7-16(14)26/h5-7,15,26H,8-9H2,1-4H3,(H,23,27). The van der Waals surface area contributed by atoms with E-state index in [1.165, 1.54) is 16.0 Å². The normalized spacial score (nSPS) is 15.4. The number of nitrogens with zero attached hydrogens (tertiary/aromatic N) is 3. The number of fused-ring (bicyclic) bond motifs is 1. The van der Waals surface area contributed by atoms with Gasteiger partial charge >= 0.3 is 0 Å². The number of hydrogen-bond donors (Lipinski definition) is 2. The van der Waals surface area contributed by atoms with Crippen LogP contribution in [0.15, 0.2) is 23.0 Å². The minimum atomic E-state index is -0.228. The fourth-order valence-corrected chi connectivity index (χ4v) is 4.89. The Labute approximate surface area is 172 Å². The zero-order valence-electron chi connectivity index (χ0n) is 16.7. The van der Waals surface area contributed by atoms with Crippen molar-refractivity contribution in [3.63, 3.8) is 0 Å². The van der Waals surface area contributed by atoms with Gasteiger partial charge in [0, 0.05) is 7.05 Å². The number of benzene rings is 1. The summed E-state index contributed by atoms with van der Waals surface area (Å²) in [4.78, 5) is 30.6. The van der Waals surface area contributed by atoms with Crippen molar-refractivity contribution in [2.24, 2.45) is 7.05 Å². The zero-order valence-corrected chi connectivity index (χ0v) is 17.6. The number of thiazole rings is 1. The first kappa shape index (κ1) is 19.3. The first-order chi connectivity index (χ1) is 13.8. The highest BCUT2D eigenvalue weighted by Gasteiger charge is 2.28. The summed E-state index contributed by atoms with van der Waals surface area (Å²) in [7, 11) is 1.61. The molecular weight excluding hydrogens is 388 g/mol. The third-order valence-electron chi connectivity index (χ3n) is 5.49. The minimum absolute atomic E-state index is 0.146. The summed E-state index contributed by atoms with van der Waals surface area (Å²) < 4.78 is 1.30. The van der Waals surface area contributed by atoms with E-state index >= 15 is 0 Å². The first-order valence-electron chi connectivity index (χ1n) is 9.41. The summed E-state index contributed by atoms with van der Waals surface area (Å²) in [6, 6.07) is 5.25. The molecule has 29 heavy (non-hydrogen) atoms. The summed E-state index contributed by atoms with van der Waals surface area (Å²) >= 11 is 1.22. The van der Waals surface area contributed by atoms with E-state index in [-0.39, 0.29) is 23.3 Å². The molecule has 1 unspecified atom stereocenters. The Hall–Kier alpha value is -3.00. The van der Waals surface area contributed by atoms with Gasteiger partial charge in [-0.3, -0.25) is 9.59 Å². The van der Waals surface area contributed by atoms with Crippen molar-refractivity contribution < 1.29 is 9.90 Å². The number of aromatic nitrogens is 3. The smallest absolute Gasteiger partial charge is 0.277 e. The molecule has 150 valence electrons. The maximum atomic E-state index is 13.0. The van der Waals surface area contributed by atoms with Crippen LogP contribution < -0.4 is 10.9 Å². The average molecular weight is 410 g/mol. The second kappa shape index (κ2) is 7.11. The summed E-state index contributed by atoms with van der Waals surface area (Å²) in [6.07, 6.45) is 1.47. The number of aromatic hydroxyl groups is 1. The third kappa shape index (κ3) is 3.23. The molecule has 1 aliphatic carbocycles. The largest absolute Gasteiger partial charge is 0.508 e. The van der Waals surface area contributed by atoms with E-state index in [2.05, 4.69) is 15.4 Å². The van der Waals surface area contributed by atoms with Gasteiger partial charge in [-0.2, -0.15) is 5.10 Å². The molecule has 0 radical (unpaired) electrons. The highest BCUT2D eigenvalue weighted by Crippen LogP contribution is 2.37. The monoisotopic (exact) mass is 410 g/mol. The molecule has 0 aliphatic heterocycles. The van der Waals surface area contributed by atoms with Crippen LogP contribution in [0.4, 0.5) is 0 Å². The molecule has 2 N–H and O–H groups in total. The number of hydrogen-bond acceptors (Lipinski definition) is 6. The molecule has 1 amide bonds. The topological polar surface area (TPSA) is 97.1 Å². The molecule has 1 atom stereocenters.